The lowest BCUT2D eigenvalue weighted by Gasteiger charge is -2.16. The van der Waals surface area contributed by atoms with E-state index < -0.39 is 11.1 Å². The topological polar surface area (TPSA) is 104 Å². The summed E-state index contributed by atoms with van der Waals surface area (Å²) in [6, 6.07) is 6.05. The fraction of sp³-hybridized carbons (Fsp3) is 0.211. The number of benzene rings is 1. The second-order valence-corrected chi connectivity index (χ2v) is 7.09. The van der Waals surface area contributed by atoms with E-state index >= 15 is 0 Å². The average Bonchev–Trinajstić information content (AvgIpc) is 3.08. The minimum atomic E-state index is -0.486. The van der Waals surface area contributed by atoms with Crippen LogP contribution in [0.4, 0.5) is 4.53 Å². The molecule has 1 aromatic carbocycles. The van der Waals surface area contributed by atoms with Gasteiger partial charge in [0, 0.05) is 15.6 Å². The minimum absolute atomic E-state index is 0.000667. The quantitative estimate of drug-likeness (QED) is 0.640. The SMILES string of the molecule is CC(C)(C)c1[nH]cnc1/C=c1\[nH]c(=O)/c(=C/c2cccc(OF)c2)[nH]c1=O. The first-order chi connectivity index (χ1) is 12.8. The lowest BCUT2D eigenvalue weighted by atomic mass is 9.90. The third kappa shape index (κ3) is 4.05. The highest BCUT2D eigenvalue weighted by molar-refractivity contribution is 5.51. The normalized spacial score (nSPS) is 13.2. The molecule has 140 valence electrons. The Morgan fingerprint density at radius 1 is 1.07 bits per heavy atom. The summed E-state index contributed by atoms with van der Waals surface area (Å²) >= 11 is 0. The van der Waals surface area contributed by atoms with Crippen molar-refractivity contribution in [3.05, 3.63) is 78.9 Å². The summed E-state index contributed by atoms with van der Waals surface area (Å²) in [5, 5.41) is 0.141. The third-order valence-electron chi connectivity index (χ3n) is 3.94. The molecular formula is C19H19FN4O3. The van der Waals surface area contributed by atoms with E-state index in [-0.39, 0.29) is 21.9 Å². The fourth-order valence-corrected chi connectivity index (χ4v) is 2.67. The number of aromatic nitrogens is 4. The van der Waals surface area contributed by atoms with Crippen LogP contribution in [0.3, 0.4) is 0 Å². The first-order valence-electron chi connectivity index (χ1n) is 8.26. The molecule has 0 saturated heterocycles. The van der Waals surface area contributed by atoms with Gasteiger partial charge in [0.25, 0.3) is 11.1 Å². The van der Waals surface area contributed by atoms with Crippen molar-refractivity contribution in [2.45, 2.75) is 26.2 Å². The summed E-state index contributed by atoms with van der Waals surface area (Å²) in [5.41, 5.74) is 0.772. The number of aromatic amines is 3. The second kappa shape index (κ2) is 7.06. The molecule has 0 fully saturated rings. The van der Waals surface area contributed by atoms with E-state index in [1.54, 1.807) is 18.5 Å². The van der Waals surface area contributed by atoms with Crippen LogP contribution >= 0.6 is 0 Å². The van der Waals surface area contributed by atoms with E-state index in [9.17, 15) is 14.1 Å². The summed E-state index contributed by atoms with van der Waals surface area (Å²) in [6.45, 7) is 6.04. The molecule has 8 heteroatoms. The summed E-state index contributed by atoms with van der Waals surface area (Å²) in [5.74, 6) is 0.000667. The van der Waals surface area contributed by atoms with Crippen LogP contribution in [-0.2, 0) is 5.41 Å². The molecule has 0 aliphatic heterocycles. The van der Waals surface area contributed by atoms with Crippen LogP contribution in [0.15, 0.2) is 40.2 Å². The number of halogens is 1. The first kappa shape index (κ1) is 18.4. The smallest absolute Gasteiger partial charge is 0.272 e. The van der Waals surface area contributed by atoms with Crippen LogP contribution in [-0.4, -0.2) is 19.9 Å². The Bertz CT molecular complexity index is 1200. The van der Waals surface area contributed by atoms with Gasteiger partial charge in [0.2, 0.25) is 0 Å². The molecule has 3 N–H and O–H groups in total. The lowest BCUT2D eigenvalue weighted by molar-refractivity contribution is -0.00622. The van der Waals surface area contributed by atoms with Gasteiger partial charge in [-0.2, -0.15) is 0 Å². The molecule has 3 rings (SSSR count). The highest BCUT2D eigenvalue weighted by atomic mass is 19.3. The Kier molecular flexibility index (Phi) is 4.81. The molecule has 27 heavy (non-hydrogen) atoms. The zero-order valence-electron chi connectivity index (χ0n) is 15.1. The van der Waals surface area contributed by atoms with Crippen LogP contribution in [0.2, 0.25) is 0 Å². The summed E-state index contributed by atoms with van der Waals surface area (Å²) in [7, 11) is 0. The molecule has 7 nitrogen and oxygen atoms in total. The van der Waals surface area contributed by atoms with Crippen molar-refractivity contribution >= 4 is 12.2 Å². The number of nitrogens with one attached hydrogen (secondary N) is 3. The Balaban J connectivity index is 2.12. The van der Waals surface area contributed by atoms with Crippen LogP contribution in [0.5, 0.6) is 5.75 Å². The molecule has 0 spiro atoms. The molecule has 3 aromatic rings. The summed E-state index contributed by atoms with van der Waals surface area (Å²) in [6.07, 6.45) is 4.50. The van der Waals surface area contributed by atoms with Crippen LogP contribution in [0.1, 0.15) is 37.7 Å². The molecule has 0 atom stereocenters. The van der Waals surface area contributed by atoms with Gasteiger partial charge in [-0.05, 0) is 29.8 Å². The Morgan fingerprint density at radius 2 is 1.74 bits per heavy atom. The van der Waals surface area contributed by atoms with E-state index in [4.69, 9.17) is 0 Å². The molecule has 0 amide bonds. The Hall–Kier alpha value is -3.42. The Morgan fingerprint density at radius 3 is 2.37 bits per heavy atom. The predicted molar refractivity (Wildman–Crippen MR) is 99.5 cm³/mol. The van der Waals surface area contributed by atoms with Crippen molar-refractivity contribution in [1.82, 2.24) is 19.9 Å². The number of hydrogen-bond donors (Lipinski definition) is 3. The fourth-order valence-electron chi connectivity index (χ4n) is 2.67. The third-order valence-corrected chi connectivity index (χ3v) is 3.94. The van der Waals surface area contributed by atoms with Gasteiger partial charge < -0.3 is 15.0 Å². The van der Waals surface area contributed by atoms with Gasteiger partial charge in [-0.25, -0.2) is 4.98 Å². The van der Waals surface area contributed by atoms with Gasteiger partial charge in [-0.1, -0.05) is 32.9 Å². The monoisotopic (exact) mass is 370 g/mol. The number of rotatable bonds is 3. The molecule has 0 aliphatic rings. The van der Waals surface area contributed by atoms with E-state index in [2.05, 4.69) is 24.9 Å². The van der Waals surface area contributed by atoms with E-state index in [1.807, 2.05) is 20.8 Å². The van der Waals surface area contributed by atoms with Gasteiger partial charge in [0.15, 0.2) is 5.75 Å². The zero-order chi connectivity index (χ0) is 19.6. The van der Waals surface area contributed by atoms with Crippen LogP contribution < -0.4 is 26.8 Å². The second-order valence-electron chi connectivity index (χ2n) is 7.09. The average molecular weight is 370 g/mol. The van der Waals surface area contributed by atoms with Gasteiger partial charge in [0.1, 0.15) is 10.7 Å². The highest BCUT2D eigenvalue weighted by Crippen LogP contribution is 2.22. The number of imidazole rings is 1. The maximum atomic E-state index is 12.4. The zero-order valence-corrected chi connectivity index (χ0v) is 15.1. The van der Waals surface area contributed by atoms with Crippen LogP contribution in [0.25, 0.3) is 12.2 Å². The Labute approximate surface area is 153 Å². The van der Waals surface area contributed by atoms with Gasteiger partial charge in [0.05, 0.1) is 12.0 Å². The molecular weight excluding hydrogens is 351 g/mol. The molecule has 2 heterocycles. The number of H-pyrrole nitrogens is 3. The van der Waals surface area contributed by atoms with E-state index in [1.165, 1.54) is 24.3 Å². The first-order valence-corrected chi connectivity index (χ1v) is 8.26. The van der Waals surface area contributed by atoms with Gasteiger partial charge >= 0.3 is 0 Å². The largest absolute Gasteiger partial charge is 0.348 e. The van der Waals surface area contributed by atoms with Gasteiger partial charge in [-0.3, -0.25) is 14.5 Å². The molecule has 0 saturated carbocycles. The van der Waals surface area contributed by atoms with Crippen molar-refractivity contribution in [2.24, 2.45) is 0 Å². The standard InChI is InChI=1S/C19H19FN4O3/c1-19(2,3)16-13(21-10-22-16)9-15-18(26)23-14(17(25)24-15)8-11-5-4-6-12(7-11)27-20/h4-10H,1-3H3,(H,21,22)(H,23,26)(H,24,25)/b14-8-,15-9-. The minimum Gasteiger partial charge on any atom is -0.348 e. The number of hydrogen-bond acceptors (Lipinski definition) is 4. The summed E-state index contributed by atoms with van der Waals surface area (Å²) in [4.78, 5) is 40.8. The van der Waals surface area contributed by atoms with Crippen molar-refractivity contribution in [1.29, 1.82) is 0 Å². The summed E-state index contributed by atoms with van der Waals surface area (Å²) < 4.78 is 12.3. The van der Waals surface area contributed by atoms with Gasteiger partial charge in [-0.15, -0.1) is 0 Å². The lowest BCUT2D eigenvalue weighted by Crippen LogP contribution is -2.46. The van der Waals surface area contributed by atoms with E-state index in [0.717, 1.165) is 5.69 Å². The van der Waals surface area contributed by atoms with E-state index in [0.29, 0.717) is 11.3 Å². The molecule has 0 aliphatic carbocycles. The van der Waals surface area contributed by atoms with Crippen molar-refractivity contribution < 1.29 is 9.47 Å². The molecule has 0 bridgehead atoms. The van der Waals surface area contributed by atoms with Crippen molar-refractivity contribution in [2.75, 3.05) is 0 Å². The number of nitrogens with zero attached hydrogens (tertiary/aromatic N) is 1. The highest BCUT2D eigenvalue weighted by Gasteiger charge is 2.19. The van der Waals surface area contributed by atoms with Crippen LogP contribution in [0, 0.1) is 0 Å². The molecule has 2 aromatic heterocycles. The maximum absolute atomic E-state index is 12.4. The molecule has 0 radical (unpaired) electrons. The van der Waals surface area contributed by atoms with Crippen molar-refractivity contribution in [3.8, 4) is 5.75 Å². The predicted octanol–water partition coefficient (Wildman–Crippen LogP) is 1.00. The van der Waals surface area contributed by atoms with Crippen molar-refractivity contribution in [3.63, 3.8) is 0 Å². The molecule has 0 unspecified atom stereocenters. The maximum Gasteiger partial charge on any atom is 0.272 e.